The van der Waals surface area contributed by atoms with Crippen LogP contribution in [-0.2, 0) is 17.6 Å². The van der Waals surface area contributed by atoms with Gasteiger partial charge in [0.25, 0.3) is 0 Å². The summed E-state index contributed by atoms with van der Waals surface area (Å²) in [7, 11) is 0. The number of rotatable bonds is 3. The van der Waals surface area contributed by atoms with E-state index in [1.807, 2.05) is 6.07 Å². The summed E-state index contributed by atoms with van der Waals surface area (Å²) < 4.78 is 0. The van der Waals surface area contributed by atoms with Crippen molar-refractivity contribution in [3.63, 3.8) is 0 Å². The minimum absolute atomic E-state index is 0.470. The molecule has 0 saturated carbocycles. The van der Waals surface area contributed by atoms with Crippen LogP contribution in [0.25, 0.3) is 0 Å². The van der Waals surface area contributed by atoms with Gasteiger partial charge in [0, 0.05) is 6.04 Å². The number of aryl methyl sites for hydroxylation is 2. The van der Waals surface area contributed by atoms with Crippen molar-refractivity contribution in [3.8, 4) is 0 Å². The standard InChI is InChI=1S/C15H21NO2/c1-15(2,14(17)18)13(16)12-8-7-10-5-3-4-6-11(10)9-12/h7-9,13H,3-6,16H2,1-2H3,(H,17,18). The second-order valence-electron chi connectivity index (χ2n) is 5.74. The van der Waals surface area contributed by atoms with E-state index >= 15 is 0 Å². The van der Waals surface area contributed by atoms with Crippen molar-refractivity contribution < 1.29 is 9.90 Å². The molecule has 0 radical (unpaired) electrons. The molecule has 1 aromatic rings. The second-order valence-corrected chi connectivity index (χ2v) is 5.74. The number of hydrogen-bond acceptors (Lipinski definition) is 2. The van der Waals surface area contributed by atoms with E-state index in [0.29, 0.717) is 0 Å². The van der Waals surface area contributed by atoms with Crippen molar-refractivity contribution in [2.75, 3.05) is 0 Å². The lowest BCUT2D eigenvalue weighted by atomic mass is 9.79. The lowest BCUT2D eigenvalue weighted by Gasteiger charge is -2.28. The van der Waals surface area contributed by atoms with E-state index in [2.05, 4.69) is 12.1 Å². The number of aliphatic carboxylic acids is 1. The summed E-state index contributed by atoms with van der Waals surface area (Å²) in [4.78, 5) is 11.2. The van der Waals surface area contributed by atoms with Crippen molar-refractivity contribution in [3.05, 3.63) is 34.9 Å². The molecule has 3 heteroatoms. The summed E-state index contributed by atoms with van der Waals surface area (Å²) in [6.07, 6.45) is 4.68. The van der Waals surface area contributed by atoms with Gasteiger partial charge in [-0.1, -0.05) is 18.2 Å². The molecule has 0 heterocycles. The fraction of sp³-hybridized carbons (Fsp3) is 0.533. The average molecular weight is 247 g/mol. The summed E-state index contributed by atoms with van der Waals surface area (Å²) in [5.41, 5.74) is 8.85. The minimum Gasteiger partial charge on any atom is -0.481 e. The Morgan fingerprint density at radius 1 is 1.28 bits per heavy atom. The fourth-order valence-corrected chi connectivity index (χ4v) is 2.50. The van der Waals surface area contributed by atoms with Gasteiger partial charge in [-0.2, -0.15) is 0 Å². The van der Waals surface area contributed by atoms with Crippen LogP contribution in [0.4, 0.5) is 0 Å². The van der Waals surface area contributed by atoms with Crippen LogP contribution in [0, 0.1) is 5.41 Å². The maximum Gasteiger partial charge on any atom is 0.311 e. The molecule has 1 aliphatic carbocycles. The Morgan fingerprint density at radius 2 is 1.89 bits per heavy atom. The lowest BCUT2D eigenvalue weighted by Crippen LogP contribution is -2.36. The van der Waals surface area contributed by atoms with Gasteiger partial charge in [0.1, 0.15) is 0 Å². The quantitative estimate of drug-likeness (QED) is 0.863. The highest BCUT2D eigenvalue weighted by molar-refractivity contribution is 5.75. The zero-order valence-corrected chi connectivity index (χ0v) is 11.1. The second kappa shape index (κ2) is 4.73. The molecule has 98 valence electrons. The lowest BCUT2D eigenvalue weighted by molar-refractivity contribution is -0.148. The molecule has 3 N–H and O–H groups in total. The zero-order valence-electron chi connectivity index (χ0n) is 11.1. The first-order chi connectivity index (χ1) is 8.43. The molecule has 1 aliphatic rings. The Bertz CT molecular complexity index is 466. The van der Waals surface area contributed by atoms with Gasteiger partial charge in [0.05, 0.1) is 5.41 Å². The van der Waals surface area contributed by atoms with Gasteiger partial charge in [-0.3, -0.25) is 4.79 Å². The van der Waals surface area contributed by atoms with Crippen LogP contribution in [0.1, 0.15) is 49.4 Å². The van der Waals surface area contributed by atoms with Crippen molar-refractivity contribution in [2.24, 2.45) is 11.1 Å². The van der Waals surface area contributed by atoms with E-state index < -0.39 is 17.4 Å². The minimum atomic E-state index is -0.942. The highest BCUT2D eigenvalue weighted by atomic mass is 16.4. The van der Waals surface area contributed by atoms with Crippen molar-refractivity contribution in [2.45, 2.75) is 45.6 Å². The number of benzene rings is 1. The highest BCUT2D eigenvalue weighted by Crippen LogP contribution is 2.33. The van der Waals surface area contributed by atoms with Crippen LogP contribution in [-0.4, -0.2) is 11.1 Å². The number of carbonyl (C=O) groups is 1. The fourth-order valence-electron chi connectivity index (χ4n) is 2.50. The molecule has 0 aliphatic heterocycles. The Kier molecular flexibility index (Phi) is 3.44. The number of nitrogens with two attached hydrogens (primary N) is 1. The molecule has 0 bridgehead atoms. The SMILES string of the molecule is CC(C)(C(=O)O)C(N)c1ccc2c(c1)CCCC2. The largest absolute Gasteiger partial charge is 0.481 e. The van der Waals surface area contributed by atoms with E-state index in [9.17, 15) is 9.90 Å². The topological polar surface area (TPSA) is 63.3 Å². The van der Waals surface area contributed by atoms with Gasteiger partial charge in [0.2, 0.25) is 0 Å². The Hall–Kier alpha value is -1.35. The summed E-state index contributed by atoms with van der Waals surface area (Å²) in [6.45, 7) is 3.36. The number of hydrogen-bond donors (Lipinski definition) is 2. The molecule has 0 spiro atoms. The molecule has 3 nitrogen and oxygen atoms in total. The van der Waals surface area contributed by atoms with Crippen molar-refractivity contribution >= 4 is 5.97 Å². The molecule has 1 aromatic carbocycles. The van der Waals surface area contributed by atoms with Crippen LogP contribution >= 0.6 is 0 Å². The van der Waals surface area contributed by atoms with Gasteiger partial charge < -0.3 is 10.8 Å². The van der Waals surface area contributed by atoms with Crippen LogP contribution in [0.15, 0.2) is 18.2 Å². The third kappa shape index (κ3) is 2.27. The first kappa shape index (κ1) is 13.1. The molecule has 0 saturated heterocycles. The number of carboxylic acids is 1. The molecule has 0 amide bonds. The summed E-state index contributed by atoms with van der Waals surface area (Å²) in [6, 6.07) is 5.73. The summed E-state index contributed by atoms with van der Waals surface area (Å²) in [5.74, 6) is -0.854. The van der Waals surface area contributed by atoms with Crippen molar-refractivity contribution in [1.29, 1.82) is 0 Å². The Balaban J connectivity index is 2.31. The molecule has 0 fully saturated rings. The van der Waals surface area contributed by atoms with Gasteiger partial charge in [0.15, 0.2) is 0 Å². The third-order valence-electron chi connectivity index (χ3n) is 4.06. The molecule has 0 aromatic heterocycles. The molecule has 1 unspecified atom stereocenters. The van der Waals surface area contributed by atoms with Crippen molar-refractivity contribution in [1.82, 2.24) is 0 Å². The van der Waals surface area contributed by atoms with Gasteiger partial charge in [-0.05, 0) is 56.2 Å². The predicted molar refractivity (Wildman–Crippen MR) is 71.4 cm³/mol. The molecule has 1 atom stereocenters. The predicted octanol–water partition coefficient (Wildman–Crippen LogP) is 2.68. The van der Waals surface area contributed by atoms with E-state index in [1.54, 1.807) is 13.8 Å². The monoisotopic (exact) mass is 247 g/mol. The van der Waals surface area contributed by atoms with Crippen LogP contribution in [0.3, 0.4) is 0 Å². The smallest absolute Gasteiger partial charge is 0.311 e. The van der Waals surface area contributed by atoms with E-state index in [4.69, 9.17) is 5.73 Å². The first-order valence-electron chi connectivity index (χ1n) is 6.53. The highest BCUT2D eigenvalue weighted by Gasteiger charge is 2.35. The average Bonchev–Trinajstić information content (AvgIpc) is 2.37. The summed E-state index contributed by atoms with van der Waals surface area (Å²) in [5, 5.41) is 9.23. The molecule has 18 heavy (non-hydrogen) atoms. The normalized spacial score (nSPS) is 17.1. The number of fused-ring (bicyclic) bond motifs is 1. The zero-order chi connectivity index (χ0) is 13.3. The third-order valence-corrected chi connectivity index (χ3v) is 4.06. The van der Waals surface area contributed by atoms with E-state index in [1.165, 1.54) is 24.0 Å². The maximum absolute atomic E-state index is 11.2. The Labute approximate surface area is 108 Å². The van der Waals surface area contributed by atoms with Gasteiger partial charge in [-0.25, -0.2) is 0 Å². The molecule has 2 rings (SSSR count). The first-order valence-corrected chi connectivity index (χ1v) is 6.53. The Morgan fingerprint density at radius 3 is 2.50 bits per heavy atom. The van der Waals surface area contributed by atoms with Gasteiger partial charge >= 0.3 is 5.97 Å². The summed E-state index contributed by atoms with van der Waals surface area (Å²) >= 11 is 0. The molecular weight excluding hydrogens is 226 g/mol. The maximum atomic E-state index is 11.2. The van der Waals surface area contributed by atoms with E-state index in [0.717, 1.165) is 18.4 Å². The van der Waals surface area contributed by atoms with Gasteiger partial charge in [-0.15, -0.1) is 0 Å². The molecular formula is C15H21NO2. The van der Waals surface area contributed by atoms with Crippen LogP contribution in [0.2, 0.25) is 0 Å². The number of carboxylic acid groups (broad SMARTS) is 1. The van der Waals surface area contributed by atoms with Crippen LogP contribution in [0.5, 0.6) is 0 Å². The van der Waals surface area contributed by atoms with E-state index in [-0.39, 0.29) is 0 Å². The van der Waals surface area contributed by atoms with Crippen LogP contribution < -0.4 is 5.73 Å².